The molecule has 2 aromatic heterocycles. The highest BCUT2D eigenvalue weighted by Crippen LogP contribution is 2.04. The average Bonchev–Trinajstić information content (AvgIpc) is 2.84. The Morgan fingerprint density at radius 1 is 1.37 bits per heavy atom. The summed E-state index contributed by atoms with van der Waals surface area (Å²) in [6.45, 7) is 0.582. The zero-order chi connectivity index (χ0) is 13.7. The Hall–Kier alpha value is -2.37. The van der Waals surface area contributed by atoms with Crippen LogP contribution in [0.2, 0.25) is 0 Å². The first-order valence-electron chi connectivity index (χ1n) is 6.08. The fourth-order valence-electron chi connectivity index (χ4n) is 1.70. The van der Waals surface area contributed by atoms with E-state index < -0.39 is 0 Å². The summed E-state index contributed by atoms with van der Waals surface area (Å²) in [5.74, 6) is 0.631. The summed E-state index contributed by atoms with van der Waals surface area (Å²) in [5, 5.41) is 9.84. The number of nitrogens with zero attached hydrogens (tertiary/aromatic N) is 3. The Morgan fingerprint density at radius 2 is 2.21 bits per heavy atom. The molecule has 0 aliphatic rings. The molecule has 0 saturated heterocycles. The lowest BCUT2D eigenvalue weighted by atomic mass is 10.2. The summed E-state index contributed by atoms with van der Waals surface area (Å²) >= 11 is 0. The Bertz CT molecular complexity index is 546. The summed E-state index contributed by atoms with van der Waals surface area (Å²) in [5.41, 5.74) is 1.66. The number of hydrogen-bond donors (Lipinski definition) is 2. The highest BCUT2D eigenvalue weighted by Gasteiger charge is 2.05. The van der Waals surface area contributed by atoms with Gasteiger partial charge in [-0.25, -0.2) is 4.98 Å². The molecule has 0 aliphatic carbocycles. The Balaban J connectivity index is 1.83. The van der Waals surface area contributed by atoms with Crippen molar-refractivity contribution in [1.29, 1.82) is 0 Å². The van der Waals surface area contributed by atoms with Gasteiger partial charge in [-0.3, -0.25) is 9.48 Å². The smallest absolute Gasteiger partial charge is 0.252 e. The number of amides is 1. The standard InChI is InChI=1S/C13H17N5O/c1-14-12-4-3-11(8-16-12)13(19)15-6-5-10-7-17-18(2)9-10/h3-4,7-9H,5-6H2,1-2H3,(H,14,16)(H,15,19). The van der Waals surface area contributed by atoms with Gasteiger partial charge < -0.3 is 10.6 Å². The molecule has 2 N–H and O–H groups in total. The van der Waals surface area contributed by atoms with Crippen molar-refractivity contribution in [2.24, 2.45) is 7.05 Å². The van der Waals surface area contributed by atoms with Crippen molar-refractivity contribution in [3.8, 4) is 0 Å². The molecular formula is C13H17N5O. The minimum Gasteiger partial charge on any atom is -0.373 e. The van der Waals surface area contributed by atoms with E-state index in [0.29, 0.717) is 12.1 Å². The molecule has 0 radical (unpaired) electrons. The summed E-state index contributed by atoms with van der Waals surface area (Å²) in [4.78, 5) is 15.9. The van der Waals surface area contributed by atoms with Crippen LogP contribution in [0.4, 0.5) is 5.82 Å². The Kier molecular flexibility index (Phi) is 4.12. The first-order valence-corrected chi connectivity index (χ1v) is 6.08. The predicted octanol–water partition coefficient (Wildman–Crippen LogP) is 0.829. The third kappa shape index (κ3) is 3.54. The molecular weight excluding hydrogens is 242 g/mol. The number of carbonyl (C=O) groups is 1. The van der Waals surface area contributed by atoms with E-state index in [9.17, 15) is 4.79 Å². The van der Waals surface area contributed by atoms with Gasteiger partial charge in [0.05, 0.1) is 11.8 Å². The van der Waals surface area contributed by atoms with Crippen LogP contribution in [0.5, 0.6) is 0 Å². The quantitative estimate of drug-likeness (QED) is 0.834. The zero-order valence-corrected chi connectivity index (χ0v) is 11.1. The van der Waals surface area contributed by atoms with Crippen LogP contribution in [0.1, 0.15) is 15.9 Å². The van der Waals surface area contributed by atoms with Gasteiger partial charge in [-0.1, -0.05) is 0 Å². The van der Waals surface area contributed by atoms with Crippen molar-refractivity contribution in [2.45, 2.75) is 6.42 Å². The molecule has 100 valence electrons. The first kappa shape index (κ1) is 13.1. The molecule has 2 rings (SSSR count). The number of aromatic nitrogens is 3. The normalized spacial score (nSPS) is 10.2. The van der Waals surface area contributed by atoms with Crippen LogP contribution in [-0.4, -0.2) is 34.3 Å². The number of nitrogens with one attached hydrogen (secondary N) is 2. The van der Waals surface area contributed by atoms with Crippen LogP contribution in [0, 0.1) is 0 Å². The van der Waals surface area contributed by atoms with Crippen LogP contribution in [0.25, 0.3) is 0 Å². The molecule has 0 spiro atoms. The number of aryl methyl sites for hydroxylation is 1. The number of hydrogen-bond acceptors (Lipinski definition) is 4. The Labute approximate surface area is 111 Å². The second kappa shape index (κ2) is 5.99. The highest BCUT2D eigenvalue weighted by atomic mass is 16.1. The van der Waals surface area contributed by atoms with Gasteiger partial charge in [0.25, 0.3) is 5.91 Å². The van der Waals surface area contributed by atoms with E-state index in [0.717, 1.165) is 17.8 Å². The lowest BCUT2D eigenvalue weighted by molar-refractivity contribution is 0.0954. The SMILES string of the molecule is CNc1ccc(C(=O)NCCc2cnn(C)c2)cn1. The molecule has 6 nitrogen and oxygen atoms in total. The van der Waals surface area contributed by atoms with Gasteiger partial charge in [-0.05, 0) is 24.1 Å². The average molecular weight is 259 g/mol. The molecule has 2 heterocycles. The van der Waals surface area contributed by atoms with Crippen molar-refractivity contribution in [3.05, 3.63) is 41.9 Å². The molecule has 0 unspecified atom stereocenters. The maximum Gasteiger partial charge on any atom is 0.252 e. The molecule has 0 bridgehead atoms. The lowest BCUT2D eigenvalue weighted by Gasteiger charge is -2.05. The Morgan fingerprint density at radius 3 is 2.79 bits per heavy atom. The maximum atomic E-state index is 11.8. The number of rotatable bonds is 5. The molecule has 0 saturated carbocycles. The minimum atomic E-state index is -0.112. The van der Waals surface area contributed by atoms with E-state index in [1.54, 1.807) is 36.3 Å². The van der Waals surface area contributed by atoms with Crippen molar-refractivity contribution >= 4 is 11.7 Å². The van der Waals surface area contributed by atoms with Crippen molar-refractivity contribution in [3.63, 3.8) is 0 Å². The van der Waals surface area contributed by atoms with E-state index in [-0.39, 0.29) is 5.91 Å². The minimum absolute atomic E-state index is 0.112. The maximum absolute atomic E-state index is 11.8. The highest BCUT2D eigenvalue weighted by molar-refractivity contribution is 5.94. The largest absolute Gasteiger partial charge is 0.373 e. The fraction of sp³-hybridized carbons (Fsp3) is 0.308. The van der Waals surface area contributed by atoms with Gasteiger partial charge in [-0.15, -0.1) is 0 Å². The molecule has 0 fully saturated rings. The van der Waals surface area contributed by atoms with Gasteiger partial charge in [0.1, 0.15) is 5.82 Å². The van der Waals surface area contributed by atoms with E-state index in [4.69, 9.17) is 0 Å². The zero-order valence-electron chi connectivity index (χ0n) is 11.1. The predicted molar refractivity (Wildman–Crippen MR) is 73.0 cm³/mol. The number of anilines is 1. The number of carbonyl (C=O) groups excluding carboxylic acids is 1. The van der Waals surface area contributed by atoms with E-state index in [1.165, 1.54) is 0 Å². The fourth-order valence-corrected chi connectivity index (χ4v) is 1.70. The van der Waals surface area contributed by atoms with Gasteiger partial charge >= 0.3 is 0 Å². The van der Waals surface area contributed by atoms with Crippen LogP contribution in [-0.2, 0) is 13.5 Å². The van der Waals surface area contributed by atoms with Gasteiger partial charge in [0.2, 0.25) is 0 Å². The summed E-state index contributed by atoms with van der Waals surface area (Å²) in [7, 11) is 3.66. The van der Waals surface area contributed by atoms with Crippen molar-refractivity contribution < 1.29 is 4.79 Å². The van der Waals surface area contributed by atoms with Crippen LogP contribution < -0.4 is 10.6 Å². The van der Waals surface area contributed by atoms with Crippen molar-refractivity contribution in [1.82, 2.24) is 20.1 Å². The first-order chi connectivity index (χ1) is 9.19. The summed E-state index contributed by atoms with van der Waals surface area (Å²) < 4.78 is 1.75. The van der Waals surface area contributed by atoms with E-state index in [2.05, 4.69) is 20.7 Å². The second-order valence-corrected chi connectivity index (χ2v) is 4.21. The van der Waals surface area contributed by atoms with Crippen LogP contribution in [0.15, 0.2) is 30.7 Å². The monoisotopic (exact) mass is 259 g/mol. The van der Waals surface area contributed by atoms with E-state index in [1.807, 2.05) is 13.2 Å². The molecule has 2 aromatic rings. The number of pyridine rings is 1. The molecule has 0 aromatic carbocycles. The van der Waals surface area contributed by atoms with Crippen molar-refractivity contribution in [2.75, 3.05) is 18.9 Å². The third-order valence-electron chi connectivity index (χ3n) is 2.74. The second-order valence-electron chi connectivity index (χ2n) is 4.21. The van der Waals surface area contributed by atoms with Crippen LogP contribution in [0.3, 0.4) is 0 Å². The molecule has 1 amide bonds. The van der Waals surface area contributed by atoms with Crippen LogP contribution >= 0.6 is 0 Å². The molecule has 6 heteroatoms. The summed E-state index contributed by atoms with van der Waals surface area (Å²) in [6.07, 6.45) is 6.07. The molecule has 0 aliphatic heterocycles. The van der Waals surface area contributed by atoms with Gasteiger partial charge in [0, 0.05) is 33.0 Å². The topological polar surface area (TPSA) is 71.8 Å². The summed E-state index contributed by atoms with van der Waals surface area (Å²) in [6, 6.07) is 3.52. The molecule has 0 atom stereocenters. The van der Waals surface area contributed by atoms with Gasteiger partial charge in [-0.2, -0.15) is 5.10 Å². The van der Waals surface area contributed by atoms with Gasteiger partial charge in [0.15, 0.2) is 0 Å². The lowest BCUT2D eigenvalue weighted by Crippen LogP contribution is -2.25. The molecule has 19 heavy (non-hydrogen) atoms. The third-order valence-corrected chi connectivity index (χ3v) is 2.74. The van der Waals surface area contributed by atoms with E-state index >= 15 is 0 Å².